The van der Waals surface area contributed by atoms with E-state index in [0.717, 1.165) is 10.7 Å². The van der Waals surface area contributed by atoms with Crippen LogP contribution in [0.1, 0.15) is 11.9 Å². The molecule has 1 aromatic heterocycles. The Balaban J connectivity index is 1.50. The zero-order valence-corrected chi connectivity index (χ0v) is 13.0. The Morgan fingerprint density at radius 1 is 1.32 bits per heavy atom. The Hall–Kier alpha value is -1.48. The summed E-state index contributed by atoms with van der Waals surface area (Å²) in [5, 5.41) is 0.776. The van der Waals surface area contributed by atoms with Crippen molar-refractivity contribution in [2.45, 2.75) is 11.0 Å². The average Bonchev–Trinajstić information content (AvgIpc) is 2.82. The van der Waals surface area contributed by atoms with Crippen LogP contribution in [-0.4, -0.2) is 64.2 Å². The van der Waals surface area contributed by atoms with Crippen LogP contribution in [0, 0.1) is 0 Å². The number of carbonyl (C=O) groups is 1. The average molecular weight is 320 g/mol. The quantitative estimate of drug-likeness (QED) is 0.757. The van der Waals surface area contributed by atoms with Gasteiger partial charge in [-0.1, -0.05) is 11.8 Å². The molecule has 2 fully saturated rings. The van der Waals surface area contributed by atoms with E-state index < -0.39 is 11.0 Å². The number of nitrogens with zero attached hydrogens (tertiary/aromatic N) is 4. The van der Waals surface area contributed by atoms with Gasteiger partial charge in [0.15, 0.2) is 11.5 Å². The summed E-state index contributed by atoms with van der Waals surface area (Å²) in [6, 6.07) is 3.71. The Bertz CT molecular complexity index is 616. The lowest BCUT2D eigenvalue weighted by Crippen LogP contribution is -2.52. The first-order valence-electron chi connectivity index (χ1n) is 7.05. The maximum absolute atomic E-state index is 12.7. The largest absolute Gasteiger partial charge is 0.346 e. The molecule has 0 N–H and O–H groups in total. The highest BCUT2D eigenvalue weighted by Gasteiger charge is 2.55. The molecule has 116 valence electrons. The van der Waals surface area contributed by atoms with Gasteiger partial charge in [0.2, 0.25) is 0 Å². The number of hydrogen-bond donors (Lipinski definition) is 0. The topological polar surface area (TPSA) is 67.3 Å². The third kappa shape index (κ3) is 2.23. The van der Waals surface area contributed by atoms with Crippen LogP contribution in [0.3, 0.4) is 0 Å². The van der Waals surface area contributed by atoms with Crippen molar-refractivity contribution in [1.29, 1.82) is 0 Å². The molecule has 22 heavy (non-hydrogen) atoms. The smallest absolute Gasteiger partial charge is 0.251 e. The molecule has 0 atom stereocenters. The van der Waals surface area contributed by atoms with E-state index in [9.17, 15) is 4.79 Å². The number of aromatic nitrogens is 1. The van der Waals surface area contributed by atoms with Crippen LogP contribution in [0.15, 0.2) is 29.5 Å². The fourth-order valence-corrected chi connectivity index (χ4v) is 3.90. The minimum atomic E-state index is -0.701. The van der Waals surface area contributed by atoms with Crippen LogP contribution in [-0.2, 0) is 14.3 Å². The molecule has 0 bridgehead atoms. The standard InChI is InChI=1S/C14H16N4O3S/c1-17-8-16-13-18(9-17)12(19)14(22-13)6-20-11(21-7-14)10-2-4-15-5-3-10/h2-5,11H,6-9H2,1H3. The Morgan fingerprint density at radius 2 is 2.05 bits per heavy atom. The zero-order valence-electron chi connectivity index (χ0n) is 12.1. The first-order chi connectivity index (χ1) is 10.7. The van der Waals surface area contributed by atoms with Crippen molar-refractivity contribution in [1.82, 2.24) is 14.8 Å². The summed E-state index contributed by atoms with van der Waals surface area (Å²) in [7, 11) is 1.94. The third-order valence-electron chi connectivity index (χ3n) is 3.90. The number of hydrogen-bond acceptors (Lipinski definition) is 7. The summed E-state index contributed by atoms with van der Waals surface area (Å²) in [6.07, 6.45) is 2.96. The van der Waals surface area contributed by atoms with Crippen LogP contribution in [0.2, 0.25) is 0 Å². The molecule has 3 aliphatic heterocycles. The van der Waals surface area contributed by atoms with Gasteiger partial charge in [0.05, 0.1) is 26.6 Å². The highest BCUT2D eigenvalue weighted by Crippen LogP contribution is 2.43. The third-order valence-corrected chi connectivity index (χ3v) is 5.23. The van der Waals surface area contributed by atoms with Gasteiger partial charge in [-0.3, -0.25) is 19.6 Å². The van der Waals surface area contributed by atoms with Crippen molar-refractivity contribution in [2.24, 2.45) is 4.99 Å². The Morgan fingerprint density at radius 3 is 2.77 bits per heavy atom. The van der Waals surface area contributed by atoms with E-state index in [1.807, 2.05) is 24.1 Å². The fraction of sp³-hybridized carbons (Fsp3) is 0.500. The molecule has 0 saturated carbocycles. The first-order valence-corrected chi connectivity index (χ1v) is 7.87. The first kappa shape index (κ1) is 14.1. The number of carbonyl (C=O) groups excluding carboxylic acids is 1. The highest BCUT2D eigenvalue weighted by molar-refractivity contribution is 8.16. The lowest BCUT2D eigenvalue weighted by Gasteiger charge is -2.34. The molecule has 1 amide bonds. The molecule has 3 aliphatic rings. The van der Waals surface area contributed by atoms with E-state index in [0.29, 0.717) is 26.6 Å². The number of fused-ring (bicyclic) bond motifs is 1. The summed E-state index contributed by atoms with van der Waals surface area (Å²) in [4.78, 5) is 24.9. The van der Waals surface area contributed by atoms with Crippen molar-refractivity contribution in [3.8, 4) is 0 Å². The van der Waals surface area contributed by atoms with Crippen LogP contribution >= 0.6 is 11.8 Å². The summed E-state index contributed by atoms with van der Waals surface area (Å²) in [5.74, 6) is 0.0241. The van der Waals surface area contributed by atoms with Crippen LogP contribution < -0.4 is 0 Å². The van der Waals surface area contributed by atoms with Gasteiger partial charge in [-0.2, -0.15) is 0 Å². The minimum absolute atomic E-state index is 0.0241. The molecule has 2 saturated heterocycles. The van der Waals surface area contributed by atoms with Gasteiger partial charge in [-0.15, -0.1) is 0 Å². The molecule has 1 aromatic rings. The van der Waals surface area contributed by atoms with E-state index in [-0.39, 0.29) is 5.91 Å². The van der Waals surface area contributed by atoms with Gasteiger partial charge in [0.25, 0.3) is 5.91 Å². The van der Waals surface area contributed by atoms with Crippen LogP contribution in [0.4, 0.5) is 0 Å². The van der Waals surface area contributed by atoms with Gasteiger partial charge < -0.3 is 9.47 Å². The van der Waals surface area contributed by atoms with Gasteiger partial charge in [-0.05, 0) is 19.2 Å². The number of thioether (sulfide) groups is 1. The lowest BCUT2D eigenvalue weighted by atomic mass is 10.1. The van der Waals surface area contributed by atoms with Crippen LogP contribution in [0.25, 0.3) is 0 Å². The second-order valence-electron chi connectivity index (χ2n) is 5.64. The molecule has 0 aromatic carbocycles. The van der Waals surface area contributed by atoms with E-state index in [1.165, 1.54) is 11.8 Å². The number of pyridine rings is 1. The summed E-state index contributed by atoms with van der Waals surface area (Å²) in [6.45, 7) is 1.83. The van der Waals surface area contributed by atoms with Gasteiger partial charge in [-0.25, -0.2) is 4.99 Å². The number of amides is 1. The van der Waals surface area contributed by atoms with Gasteiger partial charge in [0, 0.05) is 18.0 Å². The molecule has 0 radical (unpaired) electrons. The van der Waals surface area contributed by atoms with E-state index in [2.05, 4.69) is 9.98 Å². The Labute approximate surface area is 132 Å². The molecule has 1 spiro atoms. The van der Waals surface area contributed by atoms with Gasteiger partial charge >= 0.3 is 0 Å². The molecule has 7 nitrogen and oxygen atoms in total. The Kier molecular flexibility index (Phi) is 3.41. The van der Waals surface area contributed by atoms with Crippen molar-refractivity contribution in [3.63, 3.8) is 0 Å². The predicted octanol–water partition coefficient (Wildman–Crippen LogP) is 0.658. The molecule has 0 unspecified atom stereocenters. The highest BCUT2D eigenvalue weighted by atomic mass is 32.2. The van der Waals surface area contributed by atoms with E-state index in [4.69, 9.17) is 9.47 Å². The summed E-state index contributed by atoms with van der Waals surface area (Å²) < 4.78 is 10.9. The summed E-state index contributed by atoms with van der Waals surface area (Å²) in [5.41, 5.74) is 0.912. The van der Waals surface area contributed by atoms with Crippen molar-refractivity contribution in [2.75, 3.05) is 33.6 Å². The normalized spacial score (nSPS) is 32.2. The monoisotopic (exact) mass is 320 g/mol. The molecular formula is C14H16N4O3S. The van der Waals surface area contributed by atoms with Crippen molar-refractivity contribution >= 4 is 22.8 Å². The molecule has 4 heterocycles. The number of amidine groups is 1. The number of rotatable bonds is 1. The maximum Gasteiger partial charge on any atom is 0.251 e. The fourth-order valence-electron chi connectivity index (χ4n) is 2.72. The molecular weight excluding hydrogens is 304 g/mol. The van der Waals surface area contributed by atoms with E-state index >= 15 is 0 Å². The number of ether oxygens (including phenoxy) is 2. The minimum Gasteiger partial charge on any atom is -0.346 e. The predicted molar refractivity (Wildman–Crippen MR) is 81.0 cm³/mol. The molecule has 8 heteroatoms. The van der Waals surface area contributed by atoms with Crippen LogP contribution in [0.5, 0.6) is 0 Å². The van der Waals surface area contributed by atoms with E-state index in [1.54, 1.807) is 17.3 Å². The second kappa shape index (κ2) is 5.31. The van der Waals surface area contributed by atoms with Crippen molar-refractivity contribution in [3.05, 3.63) is 30.1 Å². The molecule has 4 rings (SSSR count). The SMILES string of the molecule is CN1CN=C2SC3(COC(c4ccncc4)OC3)C(=O)N2C1. The van der Waals surface area contributed by atoms with Gasteiger partial charge in [0.1, 0.15) is 4.75 Å². The zero-order chi connectivity index (χ0) is 15.2. The second-order valence-corrected chi connectivity index (χ2v) is 6.99. The maximum atomic E-state index is 12.7. The summed E-state index contributed by atoms with van der Waals surface area (Å²) >= 11 is 1.46. The lowest BCUT2D eigenvalue weighted by molar-refractivity contribution is -0.199. The number of aliphatic imine (C=N–C) groups is 1. The molecule has 0 aliphatic carbocycles. The van der Waals surface area contributed by atoms with Crippen molar-refractivity contribution < 1.29 is 14.3 Å².